The third-order valence-electron chi connectivity index (χ3n) is 5.35. The molecule has 0 aliphatic rings. The van der Waals surface area contributed by atoms with E-state index in [4.69, 9.17) is 0 Å². The Labute approximate surface area is 195 Å². The van der Waals surface area contributed by atoms with Crippen molar-refractivity contribution >= 4 is 32.6 Å². The molecule has 33 heavy (non-hydrogen) atoms. The van der Waals surface area contributed by atoms with Gasteiger partial charge < -0.3 is 0 Å². The smallest absolute Gasteiger partial charge is 0.233 e. The number of hydrogen-bond donors (Lipinski definition) is 0. The Morgan fingerprint density at radius 3 is 2.33 bits per heavy atom. The van der Waals surface area contributed by atoms with Crippen molar-refractivity contribution in [1.29, 1.82) is 0 Å². The first kappa shape index (κ1) is 21.0. The van der Waals surface area contributed by atoms with Crippen LogP contribution in [-0.2, 0) is 17.8 Å². The van der Waals surface area contributed by atoms with E-state index in [1.165, 1.54) is 17.4 Å². The molecule has 0 radical (unpaired) electrons. The highest BCUT2D eigenvalue weighted by Gasteiger charge is 2.22. The average Bonchev–Trinajstić information content (AvgIpc) is 3.29. The van der Waals surface area contributed by atoms with Crippen molar-refractivity contribution in [2.45, 2.75) is 13.0 Å². The first-order chi connectivity index (χ1) is 16.2. The topological polar surface area (TPSA) is 46.1 Å². The summed E-state index contributed by atoms with van der Waals surface area (Å²) in [4.78, 5) is 23.8. The zero-order valence-corrected chi connectivity index (χ0v) is 18.5. The van der Waals surface area contributed by atoms with E-state index in [1.54, 1.807) is 17.2 Å². The minimum atomic E-state index is -0.392. The van der Waals surface area contributed by atoms with Crippen molar-refractivity contribution in [2.75, 3.05) is 4.90 Å². The summed E-state index contributed by atoms with van der Waals surface area (Å²) >= 11 is 1.30. The van der Waals surface area contributed by atoms with Crippen LogP contribution in [0.3, 0.4) is 0 Å². The molecule has 5 aromatic rings. The number of amides is 1. The Morgan fingerprint density at radius 1 is 0.848 bits per heavy atom. The second kappa shape index (κ2) is 9.30. The Kier molecular flexibility index (Phi) is 5.91. The summed E-state index contributed by atoms with van der Waals surface area (Å²) in [5, 5.41) is 0.464. The molecule has 2 heterocycles. The molecule has 0 spiro atoms. The third-order valence-corrected chi connectivity index (χ3v) is 6.40. The second-order valence-electron chi connectivity index (χ2n) is 7.62. The Bertz CT molecular complexity index is 1390. The maximum absolute atomic E-state index is 14.2. The van der Waals surface area contributed by atoms with Crippen LogP contribution in [0.5, 0.6) is 0 Å². The van der Waals surface area contributed by atoms with Gasteiger partial charge in [-0.05, 0) is 41.0 Å². The lowest BCUT2D eigenvalue weighted by Crippen LogP contribution is -2.32. The number of carbonyl (C=O) groups excluding carboxylic acids is 1. The minimum Gasteiger partial charge on any atom is -0.282 e. The summed E-state index contributed by atoms with van der Waals surface area (Å²) in [5.74, 6) is -0.510. The molecule has 0 saturated carbocycles. The molecule has 2 aromatic heterocycles. The van der Waals surface area contributed by atoms with Gasteiger partial charge in [-0.25, -0.2) is 9.37 Å². The molecule has 0 aliphatic heterocycles. The number of carbonyl (C=O) groups is 1. The van der Waals surface area contributed by atoms with Gasteiger partial charge >= 0.3 is 0 Å². The molecule has 6 heteroatoms. The first-order valence-electron chi connectivity index (χ1n) is 10.6. The lowest BCUT2D eigenvalue weighted by atomic mass is 10.0. The van der Waals surface area contributed by atoms with E-state index in [2.05, 4.69) is 22.1 Å². The summed E-state index contributed by atoms with van der Waals surface area (Å²) in [6, 6.07) is 28.5. The predicted molar refractivity (Wildman–Crippen MR) is 131 cm³/mol. The molecule has 5 rings (SSSR count). The van der Waals surface area contributed by atoms with E-state index >= 15 is 0 Å². The average molecular weight is 454 g/mol. The van der Waals surface area contributed by atoms with Crippen LogP contribution in [0.2, 0.25) is 0 Å². The number of halogens is 1. The van der Waals surface area contributed by atoms with Crippen molar-refractivity contribution < 1.29 is 9.18 Å². The summed E-state index contributed by atoms with van der Waals surface area (Å²) in [7, 11) is 0. The summed E-state index contributed by atoms with van der Waals surface area (Å²) in [5.41, 5.74) is 4.15. The first-order valence-corrected chi connectivity index (χ1v) is 11.4. The molecule has 0 fully saturated rings. The molecule has 0 atom stereocenters. The highest BCUT2D eigenvalue weighted by atomic mass is 32.1. The summed E-state index contributed by atoms with van der Waals surface area (Å²) in [6.45, 7) is 0.267. The van der Waals surface area contributed by atoms with Crippen LogP contribution in [0.1, 0.15) is 11.3 Å². The highest BCUT2D eigenvalue weighted by Crippen LogP contribution is 2.31. The molecular formula is C27H20FN3OS. The van der Waals surface area contributed by atoms with Crippen molar-refractivity contribution in [1.82, 2.24) is 9.97 Å². The Balaban J connectivity index is 1.43. The van der Waals surface area contributed by atoms with Crippen molar-refractivity contribution in [3.05, 3.63) is 114 Å². The molecular weight excluding hydrogens is 433 g/mol. The van der Waals surface area contributed by atoms with E-state index in [9.17, 15) is 9.18 Å². The van der Waals surface area contributed by atoms with Crippen molar-refractivity contribution in [3.63, 3.8) is 0 Å². The van der Waals surface area contributed by atoms with Crippen LogP contribution < -0.4 is 4.90 Å². The number of nitrogens with zero attached hydrogens (tertiary/aromatic N) is 3. The Morgan fingerprint density at radius 2 is 1.61 bits per heavy atom. The van der Waals surface area contributed by atoms with E-state index in [1.807, 2.05) is 66.7 Å². The lowest BCUT2D eigenvalue weighted by Gasteiger charge is -2.19. The standard InChI is InChI=1S/C27H20FN3OS/c28-23-10-6-11-24-26(23)30-27(33-24)31(18-22-9-4-5-16-29-22)25(32)17-19-12-14-21(15-13-19)20-7-2-1-3-8-20/h1-16H,17-18H2. The zero-order valence-electron chi connectivity index (χ0n) is 17.7. The number of hydrogen-bond acceptors (Lipinski definition) is 4. The monoisotopic (exact) mass is 453 g/mol. The fourth-order valence-corrected chi connectivity index (χ4v) is 4.65. The zero-order chi connectivity index (χ0) is 22.6. The highest BCUT2D eigenvalue weighted by molar-refractivity contribution is 7.22. The van der Waals surface area contributed by atoms with Crippen molar-refractivity contribution in [2.24, 2.45) is 0 Å². The van der Waals surface area contributed by atoms with Gasteiger partial charge in [0.1, 0.15) is 11.3 Å². The number of fused-ring (bicyclic) bond motifs is 1. The Hall–Kier alpha value is -3.90. The normalized spacial score (nSPS) is 10.9. The van der Waals surface area contributed by atoms with Crippen LogP contribution in [0.15, 0.2) is 97.2 Å². The van der Waals surface area contributed by atoms with E-state index in [0.29, 0.717) is 9.83 Å². The van der Waals surface area contributed by atoms with Crippen LogP contribution in [0.4, 0.5) is 9.52 Å². The van der Waals surface area contributed by atoms with Gasteiger partial charge in [-0.1, -0.05) is 78.1 Å². The van der Waals surface area contributed by atoms with Crippen molar-refractivity contribution in [3.8, 4) is 11.1 Å². The maximum Gasteiger partial charge on any atom is 0.233 e. The number of aromatic nitrogens is 2. The molecule has 0 unspecified atom stereocenters. The summed E-state index contributed by atoms with van der Waals surface area (Å²) in [6.07, 6.45) is 1.90. The number of rotatable bonds is 6. The van der Waals surface area contributed by atoms with Gasteiger partial charge in [-0.15, -0.1) is 0 Å². The molecule has 0 N–H and O–H groups in total. The minimum absolute atomic E-state index is 0.118. The largest absolute Gasteiger partial charge is 0.282 e. The predicted octanol–water partition coefficient (Wildman–Crippen LogP) is 6.27. The van der Waals surface area contributed by atoms with Gasteiger partial charge in [0, 0.05) is 6.20 Å². The lowest BCUT2D eigenvalue weighted by molar-refractivity contribution is -0.118. The third kappa shape index (κ3) is 4.66. The van der Waals surface area contributed by atoms with E-state index in [0.717, 1.165) is 22.4 Å². The van der Waals surface area contributed by atoms with Gasteiger partial charge in [0.25, 0.3) is 0 Å². The number of para-hydroxylation sites is 1. The van der Waals surface area contributed by atoms with Gasteiger partial charge in [0.15, 0.2) is 5.13 Å². The molecule has 0 bridgehead atoms. The number of pyridine rings is 1. The quantitative estimate of drug-likeness (QED) is 0.304. The number of anilines is 1. The van der Waals surface area contributed by atoms with E-state index < -0.39 is 5.82 Å². The van der Waals surface area contributed by atoms with Gasteiger partial charge in [0.05, 0.1) is 23.4 Å². The fraction of sp³-hybridized carbons (Fsp3) is 0.0741. The molecule has 4 nitrogen and oxygen atoms in total. The van der Waals surface area contributed by atoms with Crippen LogP contribution >= 0.6 is 11.3 Å². The van der Waals surface area contributed by atoms with Crippen LogP contribution in [0.25, 0.3) is 21.3 Å². The number of benzene rings is 3. The summed E-state index contributed by atoms with van der Waals surface area (Å²) < 4.78 is 14.9. The van der Waals surface area contributed by atoms with Crippen LogP contribution in [0, 0.1) is 5.82 Å². The molecule has 1 amide bonds. The van der Waals surface area contributed by atoms with E-state index in [-0.39, 0.29) is 24.4 Å². The number of thiazole rings is 1. The fourth-order valence-electron chi connectivity index (χ4n) is 3.65. The SMILES string of the molecule is O=C(Cc1ccc(-c2ccccc2)cc1)N(Cc1ccccn1)c1nc2c(F)cccc2s1. The maximum atomic E-state index is 14.2. The van der Waals surface area contributed by atoms with Gasteiger partial charge in [-0.2, -0.15) is 0 Å². The molecule has 0 saturated heterocycles. The second-order valence-corrected chi connectivity index (χ2v) is 8.63. The molecule has 3 aromatic carbocycles. The molecule has 0 aliphatic carbocycles. The van der Waals surface area contributed by atoms with Crippen LogP contribution in [-0.4, -0.2) is 15.9 Å². The molecule has 162 valence electrons. The van der Waals surface area contributed by atoms with Gasteiger partial charge in [-0.3, -0.25) is 14.7 Å². The van der Waals surface area contributed by atoms with Gasteiger partial charge in [0.2, 0.25) is 5.91 Å².